The Morgan fingerprint density at radius 2 is 1.70 bits per heavy atom. The van der Waals surface area contributed by atoms with Crippen molar-refractivity contribution in [2.45, 2.75) is 122 Å². The molecule has 0 aromatic heterocycles. The summed E-state index contributed by atoms with van der Waals surface area (Å²) in [5.74, 6) is 1.41. The summed E-state index contributed by atoms with van der Waals surface area (Å²) in [6.45, 7) is 6.69. The summed E-state index contributed by atoms with van der Waals surface area (Å²) in [5.41, 5.74) is 1.75. The Balaban J connectivity index is 1.28. The van der Waals surface area contributed by atoms with Gasteiger partial charge in [0, 0.05) is 17.8 Å². The van der Waals surface area contributed by atoms with Crippen LogP contribution in [0.4, 0.5) is 4.39 Å². The van der Waals surface area contributed by atoms with Crippen LogP contribution in [0.2, 0.25) is 0 Å². The van der Waals surface area contributed by atoms with Crippen LogP contribution < -0.4 is 0 Å². The fourth-order valence-electron chi connectivity index (χ4n) is 8.25. The van der Waals surface area contributed by atoms with E-state index in [9.17, 15) is 9.90 Å². The number of carbonyl (C=O) groups is 1. The molecule has 0 saturated heterocycles. The predicted octanol–water partition coefficient (Wildman–Crippen LogP) is 8.23. The summed E-state index contributed by atoms with van der Waals surface area (Å²) in [4.78, 5) is 15.4. The number of ketones is 1. The maximum atomic E-state index is 15.8. The van der Waals surface area contributed by atoms with Gasteiger partial charge in [0.1, 0.15) is 17.7 Å². The fourth-order valence-corrected chi connectivity index (χ4v) is 8.25. The summed E-state index contributed by atoms with van der Waals surface area (Å²) in [7, 11) is 2.26. The van der Waals surface area contributed by atoms with Crippen LogP contribution in [-0.2, 0) is 11.2 Å². The third-order valence-electron chi connectivity index (χ3n) is 10.3. The first-order valence-corrected chi connectivity index (χ1v) is 15.5. The molecule has 2 unspecified atom stereocenters. The van der Waals surface area contributed by atoms with E-state index in [1.54, 1.807) is 6.07 Å². The van der Waals surface area contributed by atoms with Gasteiger partial charge in [-0.1, -0.05) is 71.3 Å². The van der Waals surface area contributed by atoms with Gasteiger partial charge in [-0.15, -0.1) is 0 Å². The molecule has 0 bridgehead atoms. The van der Waals surface area contributed by atoms with Gasteiger partial charge >= 0.3 is 0 Å². The van der Waals surface area contributed by atoms with Crippen molar-refractivity contribution >= 4 is 5.78 Å². The maximum Gasteiger partial charge on any atom is 0.139 e. The van der Waals surface area contributed by atoms with Gasteiger partial charge in [-0.2, -0.15) is 0 Å². The minimum absolute atomic E-state index is 0.119. The molecule has 1 aromatic rings. The number of aromatic hydroxyl groups is 1. The van der Waals surface area contributed by atoms with Crippen LogP contribution in [0.5, 0.6) is 5.75 Å². The SMILES string of the molecule is CCCCCCCCCN(C)CCCCCC1Cc2cc(O)ccc2[C@H]2C(F)C[C@]3(C)C(=O)CC[C@H]3[C@H]12. The maximum absolute atomic E-state index is 15.8. The summed E-state index contributed by atoms with van der Waals surface area (Å²) < 4.78 is 15.8. The zero-order valence-corrected chi connectivity index (χ0v) is 23.8. The van der Waals surface area contributed by atoms with Gasteiger partial charge in [-0.05, 0) is 99.7 Å². The second kappa shape index (κ2) is 13.1. The standard InChI is InChI=1S/C33H52FNO2/c1-4-5-6-7-8-9-12-19-35(3)20-13-10-11-14-24-21-25-22-26(36)15-16-27(25)32-29(34)23-33(2)28(31(24)32)17-18-30(33)37/h15-16,22,24,28-29,31-32,36H,4-14,17-21,23H2,1-3H3/t24?,28-,29?,31-,32-,33-/m0/s1. The number of alkyl halides is 1. The third kappa shape index (κ3) is 6.60. The van der Waals surface area contributed by atoms with Gasteiger partial charge in [-0.3, -0.25) is 4.79 Å². The number of Topliss-reactive ketones (excluding diaryl/α,β-unsaturated/α-hetero) is 1. The van der Waals surface area contributed by atoms with E-state index in [0.717, 1.165) is 36.9 Å². The van der Waals surface area contributed by atoms with Crippen LogP contribution in [0.15, 0.2) is 18.2 Å². The Kier molecular flexibility index (Phi) is 10.1. The highest BCUT2D eigenvalue weighted by Crippen LogP contribution is 2.62. The van der Waals surface area contributed by atoms with E-state index in [-0.39, 0.29) is 23.4 Å². The number of fused-ring (bicyclic) bond motifs is 5. The number of nitrogens with zero attached hydrogens (tertiary/aromatic N) is 1. The summed E-state index contributed by atoms with van der Waals surface area (Å²) in [5, 5.41) is 10.1. The predicted molar refractivity (Wildman–Crippen MR) is 151 cm³/mol. The van der Waals surface area contributed by atoms with Crippen molar-refractivity contribution in [3.05, 3.63) is 29.3 Å². The lowest BCUT2D eigenvalue weighted by molar-refractivity contribution is -0.132. The second-order valence-corrected chi connectivity index (χ2v) is 12.9. The van der Waals surface area contributed by atoms with E-state index in [0.29, 0.717) is 24.7 Å². The smallest absolute Gasteiger partial charge is 0.139 e. The minimum atomic E-state index is -0.973. The zero-order valence-electron chi connectivity index (χ0n) is 23.8. The summed E-state index contributed by atoms with van der Waals surface area (Å²) in [6, 6.07) is 5.56. The molecule has 4 rings (SSSR count). The van der Waals surface area contributed by atoms with Crippen molar-refractivity contribution in [2.24, 2.45) is 23.2 Å². The van der Waals surface area contributed by atoms with Gasteiger partial charge in [-0.25, -0.2) is 4.39 Å². The molecule has 0 radical (unpaired) electrons. The number of hydrogen-bond donors (Lipinski definition) is 1. The van der Waals surface area contributed by atoms with Gasteiger partial charge in [0.05, 0.1) is 0 Å². The highest BCUT2D eigenvalue weighted by Gasteiger charge is 2.60. The van der Waals surface area contributed by atoms with Crippen LogP contribution >= 0.6 is 0 Å². The fraction of sp³-hybridized carbons (Fsp3) is 0.788. The molecule has 1 N–H and O–H groups in total. The number of unbranched alkanes of at least 4 members (excludes halogenated alkanes) is 8. The number of benzene rings is 1. The van der Waals surface area contributed by atoms with E-state index >= 15 is 4.39 Å². The third-order valence-corrected chi connectivity index (χ3v) is 10.3. The molecule has 0 heterocycles. The highest BCUT2D eigenvalue weighted by molar-refractivity contribution is 5.87. The lowest BCUT2D eigenvalue weighted by Gasteiger charge is -2.53. The number of phenolic OH excluding ortho intramolecular Hbond substituents is 1. The van der Waals surface area contributed by atoms with Gasteiger partial charge in [0.15, 0.2) is 0 Å². The molecule has 6 atom stereocenters. The molecule has 4 heteroatoms. The van der Waals surface area contributed by atoms with Crippen LogP contribution in [0.1, 0.15) is 121 Å². The number of rotatable bonds is 14. The first-order valence-electron chi connectivity index (χ1n) is 15.5. The Hall–Kier alpha value is -1.42. The van der Waals surface area contributed by atoms with Crippen molar-refractivity contribution in [2.75, 3.05) is 20.1 Å². The van der Waals surface area contributed by atoms with Crippen molar-refractivity contribution in [1.29, 1.82) is 0 Å². The number of halogens is 1. The van der Waals surface area contributed by atoms with E-state index in [1.165, 1.54) is 70.8 Å². The Morgan fingerprint density at radius 1 is 1.03 bits per heavy atom. The average molecular weight is 514 g/mol. The molecule has 3 aliphatic rings. The first-order chi connectivity index (χ1) is 17.8. The molecular weight excluding hydrogens is 461 g/mol. The minimum Gasteiger partial charge on any atom is -0.508 e. The molecule has 0 spiro atoms. The molecule has 2 fully saturated rings. The van der Waals surface area contributed by atoms with Crippen LogP contribution in [0.3, 0.4) is 0 Å². The Labute approximate surface area is 225 Å². The van der Waals surface area contributed by atoms with Gasteiger partial charge < -0.3 is 10.0 Å². The largest absolute Gasteiger partial charge is 0.508 e. The quantitative estimate of drug-likeness (QED) is 0.255. The topological polar surface area (TPSA) is 40.5 Å². The normalized spacial score (nSPS) is 30.8. The first kappa shape index (κ1) is 28.6. The number of phenols is 1. The van der Waals surface area contributed by atoms with Crippen LogP contribution in [0, 0.1) is 23.2 Å². The van der Waals surface area contributed by atoms with Crippen molar-refractivity contribution in [1.82, 2.24) is 4.90 Å². The van der Waals surface area contributed by atoms with Crippen molar-refractivity contribution in [3.63, 3.8) is 0 Å². The molecule has 0 aliphatic heterocycles. The molecule has 1 aromatic carbocycles. The Bertz CT molecular complexity index is 887. The molecule has 208 valence electrons. The highest BCUT2D eigenvalue weighted by atomic mass is 19.1. The van der Waals surface area contributed by atoms with E-state index in [1.807, 2.05) is 12.1 Å². The molecule has 0 amide bonds. The summed E-state index contributed by atoms with van der Waals surface area (Å²) >= 11 is 0. The van der Waals surface area contributed by atoms with Crippen molar-refractivity contribution in [3.8, 4) is 5.75 Å². The van der Waals surface area contributed by atoms with E-state index in [4.69, 9.17) is 0 Å². The van der Waals surface area contributed by atoms with E-state index < -0.39 is 11.6 Å². The number of carbonyl (C=O) groups excluding carboxylic acids is 1. The lowest BCUT2D eigenvalue weighted by atomic mass is 9.51. The monoisotopic (exact) mass is 513 g/mol. The molecule has 2 saturated carbocycles. The van der Waals surface area contributed by atoms with Gasteiger partial charge in [0.2, 0.25) is 0 Å². The molecule has 3 nitrogen and oxygen atoms in total. The van der Waals surface area contributed by atoms with E-state index in [2.05, 4.69) is 25.8 Å². The van der Waals surface area contributed by atoms with Crippen LogP contribution in [0.25, 0.3) is 0 Å². The Morgan fingerprint density at radius 3 is 2.43 bits per heavy atom. The zero-order chi connectivity index (χ0) is 26.4. The average Bonchev–Trinajstić information content (AvgIpc) is 3.16. The summed E-state index contributed by atoms with van der Waals surface area (Å²) in [6.07, 6.45) is 16.1. The molecule has 37 heavy (non-hydrogen) atoms. The van der Waals surface area contributed by atoms with Crippen molar-refractivity contribution < 1.29 is 14.3 Å². The van der Waals surface area contributed by atoms with Gasteiger partial charge in [0.25, 0.3) is 0 Å². The second-order valence-electron chi connectivity index (χ2n) is 12.9. The molecule has 3 aliphatic carbocycles. The molecular formula is C33H52FNO2. The lowest BCUT2D eigenvalue weighted by Crippen LogP contribution is -2.50. The van der Waals surface area contributed by atoms with Crippen LogP contribution in [-0.4, -0.2) is 42.1 Å². The number of hydrogen-bond acceptors (Lipinski definition) is 3.